The predicted molar refractivity (Wildman–Crippen MR) is 142 cm³/mol. The van der Waals surface area contributed by atoms with Crippen molar-refractivity contribution in [1.82, 2.24) is 9.88 Å². The zero-order valence-corrected chi connectivity index (χ0v) is 22.0. The van der Waals surface area contributed by atoms with Gasteiger partial charge >= 0.3 is 12.0 Å². The number of rotatable bonds is 8. The summed E-state index contributed by atoms with van der Waals surface area (Å²) < 4.78 is 12.0. The van der Waals surface area contributed by atoms with E-state index in [1.54, 1.807) is 27.0 Å². The van der Waals surface area contributed by atoms with Crippen LogP contribution in [0.1, 0.15) is 41.8 Å². The Morgan fingerprint density at radius 2 is 1.78 bits per heavy atom. The van der Waals surface area contributed by atoms with Gasteiger partial charge in [0.2, 0.25) is 0 Å². The molecule has 0 aliphatic heterocycles. The summed E-state index contributed by atoms with van der Waals surface area (Å²) in [5, 5.41) is 15.5. The lowest BCUT2D eigenvalue weighted by atomic mass is 9.89. The average molecular weight is 508 g/mol. The highest BCUT2D eigenvalue weighted by molar-refractivity contribution is 5.91. The van der Waals surface area contributed by atoms with Crippen LogP contribution >= 0.6 is 0 Å². The van der Waals surface area contributed by atoms with Gasteiger partial charge in [0.25, 0.3) is 5.56 Å². The largest absolute Gasteiger partial charge is 0.505 e. The third-order valence-electron chi connectivity index (χ3n) is 6.34. The molecule has 0 saturated heterocycles. The molecule has 1 unspecified atom stereocenters. The van der Waals surface area contributed by atoms with Gasteiger partial charge in [0.15, 0.2) is 5.69 Å². The van der Waals surface area contributed by atoms with Crippen LogP contribution in [0, 0.1) is 20.8 Å². The fourth-order valence-corrected chi connectivity index (χ4v) is 4.20. The molecule has 0 bridgehead atoms. The molecule has 0 spiro atoms. The number of nitrogens with zero attached hydrogens (tertiary/aromatic N) is 1. The summed E-state index contributed by atoms with van der Waals surface area (Å²) in [7, 11) is 3.09. The lowest BCUT2D eigenvalue weighted by molar-refractivity contribution is -0.143. The summed E-state index contributed by atoms with van der Waals surface area (Å²) in [6.07, 6.45) is -0.152. The van der Waals surface area contributed by atoms with Crippen molar-refractivity contribution in [3.05, 3.63) is 75.2 Å². The van der Waals surface area contributed by atoms with Crippen LogP contribution in [0.2, 0.25) is 0 Å². The number of aromatic nitrogens is 1. The van der Waals surface area contributed by atoms with Gasteiger partial charge in [-0.3, -0.25) is 9.59 Å². The molecule has 196 valence electrons. The summed E-state index contributed by atoms with van der Waals surface area (Å²) in [5.41, 5.74) is 4.16. The summed E-state index contributed by atoms with van der Waals surface area (Å²) >= 11 is 0. The van der Waals surface area contributed by atoms with E-state index < -0.39 is 23.6 Å². The third-order valence-corrected chi connectivity index (χ3v) is 6.34. The summed E-state index contributed by atoms with van der Waals surface area (Å²) in [4.78, 5) is 38.2. The van der Waals surface area contributed by atoms with Crippen molar-refractivity contribution in [1.29, 1.82) is 0 Å². The number of hydrogen-bond donors (Lipinski definition) is 3. The molecule has 2 amide bonds. The molecule has 9 heteroatoms. The topological polar surface area (TPSA) is 119 Å². The molecular weight excluding hydrogens is 474 g/mol. The number of nitrogens with one attached hydrogen (secondary N) is 2. The summed E-state index contributed by atoms with van der Waals surface area (Å²) in [6.45, 7) is 7.48. The Bertz CT molecular complexity index is 1380. The van der Waals surface area contributed by atoms with Crippen molar-refractivity contribution in [3.8, 4) is 22.6 Å². The van der Waals surface area contributed by atoms with Crippen LogP contribution in [-0.4, -0.2) is 35.4 Å². The predicted octanol–water partition coefficient (Wildman–Crippen LogP) is 4.51. The molecule has 2 aromatic carbocycles. The molecule has 0 radical (unpaired) electrons. The van der Waals surface area contributed by atoms with Crippen molar-refractivity contribution in [2.24, 2.45) is 7.05 Å². The maximum atomic E-state index is 13.0. The molecule has 3 aromatic rings. The van der Waals surface area contributed by atoms with Gasteiger partial charge in [0.1, 0.15) is 11.5 Å². The van der Waals surface area contributed by atoms with E-state index in [1.807, 2.05) is 44.2 Å². The Morgan fingerprint density at radius 3 is 2.43 bits per heavy atom. The number of benzene rings is 2. The van der Waals surface area contributed by atoms with E-state index in [2.05, 4.69) is 10.6 Å². The van der Waals surface area contributed by atoms with Crippen LogP contribution < -0.4 is 20.9 Å². The first kappa shape index (κ1) is 27.3. The van der Waals surface area contributed by atoms with E-state index in [0.717, 1.165) is 22.3 Å². The van der Waals surface area contributed by atoms with Crippen LogP contribution in [0.5, 0.6) is 11.5 Å². The Hall–Kier alpha value is -4.27. The molecule has 0 saturated carbocycles. The second kappa shape index (κ2) is 11.6. The Kier molecular flexibility index (Phi) is 8.60. The van der Waals surface area contributed by atoms with Crippen molar-refractivity contribution < 1.29 is 24.2 Å². The SMILES string of the molecule is CCOC(=O)CC(NC(=O)Nc1c(O)cc(C)n(C)c1=O)c1cc(OC)cc(-c2ccccc2C)c1C. The molecule has 0 aliphatic rings. The van der Waals surface area contributed by atoms with Gasteiger partial charge in [-0.25, -0.2) is 4.79 Å². The average Bonchev–Trinajstić information content (AvgIpc) is 2.86. The van der Waals surface area contributed by atoms with E-state index in [1.165, 1.54) is 17.7 Å². The first-order valence-corrected chi connectivity index (χ1v) is 11.9. The van der Waals surface area contributed by atoms with Gasteiger partial charge in [-0.05, 0) is 67.6 Å². The van der Waals surface area contributed by atoms with E-state index in [4.69, 9.17) is 9.47 Å². The van der Waals surface area contributed by atoms with Crippen molar-refractivity contribution >= 4 is 17.7 Å². The second-order valence-electron chi connectivity index (χ2n) is 8.77. The van der Waals surface area contributed by atoms with Crippen LogP contribution in [0.15, 0.2) is 47.3 Å². The molecule has 1 heterocycles. The molecule has 1 aromatic heterocycles. The van der Waals surface area contributed by atoms with Gasteiger partial charge in [0, 0.05) is 18.8 Å². The number of hydrogen-bond acceptors (Lipinski definition) is 6. The standard InChI is InChI=1S/C28H33N3O6/c1-7-37-25(33)15-23(29-28(35)30-26-24(32)12-17(3)31(5)27(26)34)22-14-19(36-6)13-21(18(22)4)20-11-9-8-10-16(20)2/h8-14,23,32H,7,15H2,1-6H3,(H2,29,30,35). The lowest BCUT2D eigenvalue weighted by Gasteiger charge is -2.24. The maximum absolute atomic E-state index is 13.0. The molecular formula is C28H33N3O6. The number of methoxy groups -OCH3 is 1. The third kappa shape index (κ3) is 6.11. The van der Waals surface area contributed by atoms with E-state index in [0.29, 0.717) is 17.0 Å². The lowest BCUT2D eigenvalue weighted by Crippen LogP contribution is -2.36. The molecule has 3 rings (SSSR count). The maximum Gasteiger partial charge on any atom is 0.319 e. The highest BCUT2D eigenvalue weighted by Gasteiger charge is 2.25. The molecule has 3 N–H and O–H groups in total. The van der Waals surface area contributed by atoms with Crippen LogP contribution in [0.4, 0.5) is 10.5 Å². The van der Waals surface area contributed by atoms with E-state index in [-0.39, 0.29) is 24.5 Å². The normalized spacial score (nSPS) is 11.5. The molecule has 0 aliphatic carbocycles. The Morgan fingerprint density at radius 1 is 1.08 bits per heavy atom. The van der Waals surface area contributed by atoms with E-state index >= 15 is 0 Å². The number of urea groups is 1. The van der Waals surface area contributed by atoms with Gasteiger partial charge in [-0.15, -0.1) is 0 Å². The zero-order chi connectivity index (χ0) is 27.3. The minimum absolute atomic E-state index is 0.152. The van der Waals surface area contributed by atoms with Crippen molar-refractivity contribution in [3.63, 3.8) is 0 Å². The zero-order valence-electron chi connectivity index (χ0n) is 22.0. The van der Waals surface area contributed by atoms with Crippen LogP contribution in [0.3, 0.4) is 0 Å². The number of carbonyl (C=O) groups is 2. The molecule has 0 fully saturated rings. The number of amides is 2. The molecule has 37 heavy (non-hydrogen) atoms. The molecule has 9 nitrogen and oxygen atoms in total. The second-order valence-corrected chi connectivity index (χ2v) is 8.77. The first-order chi connectivity index (χ1) is 17.6. The minimum Gasteiger partial charge on any atom is -0.505 e. The van der Waals surface area contributed by atoms with E-state index in [9.17, 15) is 19.5 Å². The quantitative estimate of drug-likeness (QED) is 0.386. The number of carbonyl (C=O) groups excluding carboxylic acids is 2. The van der Waals surface area contributed by atoms with Crippen LogP contribution in [0.25, 0.3) is 11.1 Å². The number of ether oxygens (including phenoxy) is 2. The molecule has 1 atom stereocenters. The number of esters is 1. The minimum atomic E-state index is -0.812. The Balaban J connectivity index is 2.05. The fourth-order valence-electron chi connectivity index (χ4n) is 4.20. The highest BCUT2D eigenvalue weighted by Crippen LogP contribution is 2.36. The number of aromatic hydroxyl groups is 1. The van der Waals surface area contributed by atoms with Gasteiger partial charge < -0.3 is 29.8 Å². The summed E-state index contributed by atoms with van der Waals surface area (Å²) in [5.74, 6) is -0.293. The van der Waals surface area contributed by atoms with Crippen LogP contribution in [-0.2, 0) is 16.6 Å². The number of pyridine rings is 1. The van der Waals surface area contributed by atoms with Gasteiger partial charge in [-0.2, -0.15) is 0 Å². The monoisotopic (exact) mass is 507 g/mol. The Labute approximate surface area is 216 Å². The summed E-state index contributed by atoms with van der Waals surface area (Å²) in [6, 6.07) is 11.4. The first-order valence-electron chi connectivity index (χ1n) is 11.9. The number of aryl methyl sites for hydroxylation is 2. The van der Waals surface area contributed by atoms with Gasteiger partial charge in [-0.1, -0.05) is 24.3 Å². The number of anilines is 1. The van der Waals surface area contributed by atoms with Gasteiger partial charge in [0.05, 0.1) is 26.2 Å². The van der Waals surface area contributed by atoms with Crippen molar-refractivity contribution in [2.75, 3.05) is 19.0 Å². The van der Waals surface area contributed by atoms with Crippen molar-refractivity contribution in [2.45, 2.75) is 40.2 Å². The smallest absolute Gasteiger partial charge is 0.319 e. The highest BCUT2D eigenvalue weighted by atomic mass is 16.5. The fraction of sp³-hybridized carbons (Fsp3) is 0.321.